The zero-order valence-corrected chi connectivity index (χ0v) is 17.4. The van der Waals surface area contributed by atoms with E-state index in [0.29, 0.717) is 6.61 Å². The second kappa shape index (κ2) is 10.9. The topological polar surface area (TPSA) is 111 Å². The molecule has 9 atom stereocenters. The van der Waals surface area contributed by atoms with Crippen molar-refractivity contribution in [2.45, 2.75) is 55.6 Å². The van der Waals surface area contributed by atoms with Gasteiger partial charge in [-0.1, -0.05) is 0 Å². The first-order valence-electron chi connectivity index (χ1n) is 8.91. The molecule has 0 saturated carbocycles. The number of methoxy groups -OCH3 is 3. The van der Waals surface area contributed by atoms with Crippen molar-refractivity contribution in [1.82, 2.24) is 0 Å². The van der Waals surface area contributed by atoms with Crippen molar-refractivity contribution in [3.63, 3.8) is 0 Å². The molecular weight excluding hydrogens is 393 g/mol. The Morgan fingerprint density at radius 1 is 0.893 bits per heavy atom. The summed E-state index contributed by atoms with van der Waals surface area (Å²) >= 11 is 0. The molecule has 0 aromatic rings. The van der Waals surface area contributed by atoms with Crippen LogP contribution in [-0.2, 0) is 42.0 Å². The molecule has 0 aromatic carbocycles. The number of rotatable bonds is 11. The van der Waals surface area contributed by atoms with E-state index in [1.165, 1.54) is 21.3 Å². The average molecular weight is 420 g/mol. The molecule has 2 saturated heterocycles. The standard InChI is InChI=1S/C15H27B2O10P/c1-5-23-6-8-11(13(22-4)15(17)25-8)27-28(18,19)24-7-9-10(20-2)12(21-3)14(16)26-9/h8-15H,5-7H2,1-4H3,(H,18,19). The van der Waals surface area contributed by atoms with Crippen molar-refractivity contribution in [3.8, 4) is 0 Å². The van der Waals surface area contributed by atoms with E-state index in [0.717, 1.165) is 0 Å². The molecule has 158 valence electrons. The van der Waals surface area contributed by atoms with Gasteiger partial charge in [-0.3, -0.25) is 9.05 Å². The van der Waals surface area contributed by atoms with Crippen molar-refractivity contribution < 1.29 is 46.9 Å². The van der Waals surface area contributed by atoms with Gasteiger partial charge in [0.05, 0.1) is 13.2 Å². The molecule has 28 heavy (non-hydrogen) atoms. The van der Waals surface area contributed by atoms with Crippen LogP contribution in [0.3, 0.4) is 0 Å². The Hall–Kier alpha value is -0.000130. The van der Waals surface area contributed by atoms with Crippen molar-refractivity contribution in [2.75, 3.05) is 41.2 Å². The van der Waals surface area contributed by atoms with Gasteiger partial charge in [0.2, 0.25) is 0 Å². The molecule has 4 radical (unpaired) electrons. The van der Waals surface area contributed by atoms with Gasteiger partial charge in [0.25, 0.3) is 0 Å². The Labute approximate surface area is 167 Å². The zero-order chi connectivity index (χ0) is 20.9. The molecular formula is C15H27B2O10P. The molecule has 0 amide bonds. The Morgan fingerprint density at radius 3 is 1.89 bits per heavy atom. The summed E-state index contributed by atoms with van der Waals surface area (Å²) in [6.45, 7) is 2.07. The van der Waals surface area contributed by atoms with Gasteiger partial charge in [0.15, 0.2) is 0 Å². The molecule has 10 nitrogen and oxygen atoms in total. The Morgan fingerprint density at radius 2 is 1.39 bits per heavy atom. The van der Waals surface area contributed by atoms with Crippen LogP contribution in [0.4, 0.5) is 0 Å². The lowest BCUT2D eigenvalue weighted by atomic mass is 9.93. The van der Waals surface area contributed by atoms with Crippen molar-refractivity contribution in [3.05, 3.63) is 0 Å². The van der Waals surface area contributed by atoms with E-state index < -0.39 is 56.5 Å². The summed E-state index contributed by atoms with van der Waals surface area (Å²) < 4.78 is 55.0. The molecule has 0 bridgehead atoms. The summed E-state index contributed by atoms with van der Waals surface area (Å²) in [5.41, 5.74) is 0. The molecule has 1 N–H and O–H groups in total. The van der Waals surface area contributed by atoms with E-state index in [2.05, 4.69) is 0 Å². The van der Waals surface area contributed by atoms with E-state index >= 15 is 0 Å². The number of phosphoric acid groups is 1. The number of ether oxygens (including phenoxy) is 6. The van der Waals surface area contributed by atoms with Gasteiger partial charge in [-0.15, -0.1) is 0 Å². The Kier molecular flexibility index (Phi) is 9.41. The summed E-state index contributed by atoms with van der Waals surface area (Å²) in [5.74, 6) is 0. The molecule has 2 rings (SSSR count). The van der Waals surface area contributed by atoms with Crippen LogP contribution in [0.25, 0.3) is 0 Å². The minimum atomic E-state index is -4.51. The first kappa shape index (κ1) is 24.3. The molecule has 2 heterocycles. The van der Waals surface area contributed by atoms with E-state index in [-0.39, 0.29) is 13.2 Å². The molecule has 0 spiro atoms. The largest absolute Gasteiger partial charge is 0.472 e. The van der Waals surface area contributed by atoms with Gasteiger partial charge in [-0.05, 0) is 6.92 Å². The van der Waals surface area contributed by atoms with Gasteiger partial charge in [0, 0.05) is 39.9 Å². The fourth-order valence-corrected chi connectivity index (χ4v) is 4.27. The third-order valence-electron chi connectivity index (χ3n) is 4.65. The molecule has 9 unspecified atom stereocenters. The molecule has 0 aromatic heterocycles. The molecule has 2 fully saturated rings. The van der Waals surface area contributed by atoms with E-state index in [9.17, 15) is 9.46 Å². The van der Waals surface area contributed by atoms with Crippen LogP contribution in [0.1, 0.15) is 6.92 Å². The first-order valence-corrected chi connectivity index (χ1v) is 10.4. The van der Waals surface area contributed by atoms with Gasteiger partial charge < -0.3 is 33.3 Å². The fourth-order valence-electron chi connectivity index (χ4n) is 3.31. The SMILES string of the molecule is [B]C1OC(COP(=O)(O)OC2C(COCC)OC([B])C2OC)C(OC)C1OC. The molecule has 2 aliphatic rings. The quantitative estimate of drug-likeness (QED) is 0.342. The van der Waals surface area contributed by atoms with Crippen LogP contribution < -0.4 is 0 Å². The highest BCUT2D eigenvalue weighted by Gasteiger charge is 2.48. The zero-order valence-electron chi connectivity index (χ0n) is 16.5. The van der Waals surface area contributed by atoms with Crippen LogP contribution in [-0.4, -0.2) is 110 Å². The highest BCUT2D eigenvalue weighted by Crippen LogP contribution is 2.48. The summed E-state index contributed by atoms with van der Waals surface area (Å²) in [4.78, 5) is 10.2. The highest BCUT2D eigenvalue weighted by atomic mass is 31.2. The summed E-state index contributed by atoms with van der Waals surface area (Å²) in [7, 11) is 11.5. The van der Waals surface area contributed by atoms with Crippen LogP contribution in [0.5, 0.6) is 0 Å². The van der Waals surface area contributed by atoms with E-state index in [4.69, 9.17) is 53.2 Å². The monoisotopic (exact) mass is 420 g/mol. The highest BCUT2D eigenvalue weighted by molar-refractivity contribution is 7.47. The number of hydrogen-bond donors (Lipinski definition) is 1. The number of hydrogen-bond acceptors (Lipinski definition) is 9. The lowest BCUT2D eigenvalue weighted by molar-refractivity contribution is -0.0530. The lowest BCUT2D eigenvalue weighted by Crippen LogP contribution is -2.39. The van der Waals surface area contributed by atoms with Crippen LogP contribution >= 0.6 is 7.82 Å². The van der Waals surface area contributed by atoms with Gasteiger partial charge in [-0.25, -0.2) is 4.57 Å². The maximum absolute atomic E-state index is 12.5. The predicted molar refractivity (Wildman–Crippen MR) is 98.4 cm³/mol. The minimum Gasteiger partial charge on any atom is -0.379 e. The average Bonchev–Trinajstić information content (AvgIpc) is 3.12. The molecule has 2 aliphatic heterocycles. The first-order chi connectivity index (χ1) is 13.3. The maximum Gasteiger partial charge on any atom is 0.472 e. The molecule has 13 heteroatoms. The lowest BCUT2D eigenvalue weighted by Gasteiger charge is -2.26. The van der Waals surface area contributed by atoms with E-state index in [1.54, 1.807) is 0 Å². The van der Waals surface area contributed by atoms with E-state index in [1.807, 2.05) is 6.92 Å². The fraction of sp³-hybridized carbons (Fsp3) is 1.00. The second-order valence-corrected chi connectivity index (χ2v) is 7.78. The minimum absolute atomic E-state index is 0.122. The second-order valence-electron chi connectivity index (χ2n) is 6.37. The van der Waals surface area contributed by atoms with Crippen molar-refractivity contribution >= 4 is 23.5 Å². The summed E-state index contributed by atoms with van der Waals surface area (Å²) in [6.07, 6.45) is -4.24. The molecule has 0 aliphatic carbocycles. The normalized spacial score (nSPS) is 40.6. The smallest absolute Gasteiger partial charge is 0.379 e. The van der Waals surface area contributed by atoms with Gasteiger partial charge in [0.1, 0.15) is 52.3 Å². The van der Waals surface area contributed by atoms with Crippen molar-refractivity contribution in [1.29, 1.82) is 0 Å². The summed E-state index contributed by atoms with van der Waals surface area (Å²) in [5, 5.41) is 0. The van der Waals surface area contributed by atoms with Crippen LogP contribution in [0.15, 0.2) is 0 Å². The van der Waals surface area contributed by atoms with Gasteiger partial charge >= 0.3 is 7.82 Å². The number of phosphoric ester groups is 1. The van der Waals surface area contributed by atoms with Crippen molar-refractivity contribution in [2.24, 2.45) is 0 Å². The third-order valence-corrected chi connectivity index (χ3v) is 5.64. The predicted octanol–water partition coefficient (Wildman–Crippen LogP) is -0.643. The maximum atomic E-state index is 12.5. The van der Waals surface area contributed by atoms with Gasteiger partial charge in [-0.2, -0.15) is 0 Å². The Bertz CT molecular complexity index is 529. The Balaban J connectivity index is 1.98. The van der Waals surface area contributed by atoms with Crippen LogP contribution in [0.2, 0.25) is 0 Å². The van der Waals surface area contributed by atoms with Crippen LogP contribution in [0, 0.1) is 0 Å². The third kappa shape index (κ3) is 5.78. The summed E-state index contributed by atoms with van der Waals surface area (Å²) in [6, 6.07) is -1.59.